The van der Waals surface area contributed by atoms with Gasteiger partial charge in [0.1, 0.15) is 0 Å². The molecule has 1 saturated heterocycles. The van der Waals surface area contributed by atoms with Crippen molar-refractivity contribution < 1.29 is 4.74 Å². The van der Waals surface area contributed by atoms with Crippen LogP contribution in [0, 0.1) is 0 Å². The van der Waals surface area contributed by atoms with Crippen LogP contribution in [-0.2, 0) is 4.74 Å². The summed E-state index contributed by atoms with van der Waals surface area (Å²) in [5.41, 5.74) is 0. The Balaban J connectivity index is 2.31. The van der Waals surface area contributed by atoms with Gasteiger partial charge in [-0.2, -0.15) is 0 Å². The molecule has 1 aliphatic heterocycles. The molecule has 0 atom stereocenters. The second-order valence-electron chi connectivity index (χ2n) is 1.91. The Morgan fingerprint density at radius 2 is 2.00 bits per heavy atom. The molecule has 0 unspecified atom stereocenters. The van der Waals surface area contributed by atoms with E-state index in [0.717, 1.165) is 0 Å². The highest BCUT2D eigenvalue weighted by Gasteiger charge is 2.29. The standard InChI is InChI=1S/C4H7ClO/c1-4(5)2-6-3-4/h2-3H2,1H3. The Kier molecular flexibility index (Phi) is 0.815. The van der Waals surface area contributed by atoms with Crippen molar-refractivity contribution >= 4 is 11.6 Å². The van der Waals surface area contributed by atoms with E-state index in [2.05, 4.69) is 0 Å². The quantitative estimate of drug-likeness (QED) is 0.419. The minimum absolute atomic E-state index is 0.0278. The zero-order valence-electron chi connectivity index (χ0n) is 3.70. The first-order valence-corrected chi connectivity index (χ1v) is 2.35. The largest absolute Gasteiger partial charge is 0.378 e. The third-order valence-corrected chi connectivity index (χ3v) is 1.02. The van der Waals surface area contributed by atoms with E-state index >= 15 is 0 Å². The predicted molar refractivity (Wildman–Crippen MR) is 25.1 cm³/mol. The number of hydrogen-bond donors (Lipinski definition) is 0. The topological polar surface area (TPSA) is 9.23 Å². The summed E-state index contributed by atoms with van der Waals surface area (Å²) in [4.78, 5) is -0.0278. The highest BCUT2D eigenvalue weighted by Crippen LogP contribution is 2.22. The molecule has 0 spiro atoms. The molecule has 0 aromatic carbocycles. The first kappa shape index (κ1) is 4.41. The van der Waals surface area contributed by atoms with Gasteiger partial charge in [-0.15, -0.1) is 11.6 Å². The third kappa shape index (κ3) is 0.660. The van der Waals surface area contributed by atoms with Crippen LogP contribution < -0.4 is 0 Å². The predicted octanol–water partition coefficient (Wildman–Crippen LogP) is 1.01. The average Bonchev–Trinajstić information content (AvgIpc) is 1.32. The van der Waals surface area contributed by atoms with Gasteiger partial charge in [0.2, 0.25) is 0 Å². The lowest BCUT2D eigenvalue weighted by molar-refractivity contribution is -0.00410. The lowest BCUT2D eigenvalue weighted by Crippen LogP contribution is -2.40. The Morgan fingerprint density at radius 3 is 2.00 bits per heavy atom. The van der Waals surface area contributed by atoms with Gasteiger partial charge in [0.05, 0.1) is 18.1 Å². The van der Waals surface area contributed by atoms with Crippen LogP contribution in [0.4, 0.5) is 0 Å². The molecule has 0 bridgehead atoms. The van der Waals surface area contributed by atoms with Crippen LogP contribution in [0.1, 0.15) is 6.92 Å². The second-order valence-corrected chi connectivity index (χ2v) is 2.82. The molecule has 1 fully saturated rings. The zero-order chi connectivity index (χ0) is 4.62. The molecule has 1 aliphatic rings. The number of ether oxygens (including phenoxy) is 1. The van der Waals surface area contributed by atoms with Crippen LogP contribution in [0.15, 0.2) is 0 Å². The molecule has 0 aromatic rings. The number of rotatable bonds is 0. The van der Waals surface area contributed by atoms with Gasteiger partial charge in [0.15, 0.2) is 0 Å². The Bertz CT molecular complexity index is 54.6. The summed E-state index contributed by atoms with van der Waals surface area (Å²) in [6, 6.07) is 0. The van der Waals surface area contributed by atoms with Gasteiger partial charge in [-0.05, 0) is 6.92 Å². The average molecular weight is 107 g/mol. The summed E-state index contributed by atoms with van der Waals surface area (Å²) in [6.07, 6.45) is 0. The van der Waals surface area contributed by atoms with Crippen LogP contribution in [0.2, 0.25) is 0 Å². The van der Waals surface area contributed by atoms with Gasteiger partial charge in [-0.25, -0.2) is 0 Å². The van der Waals surface area contributed by atoms with Crippen LogP contribution in [-0.4, -0.2) is 18.1 Å². The van der Waals surface area contributed by atoms with E-state index in [1.54, 1.807) is 0 Å². The fourth-order valence-corrected chi connectivity index (χ4v) is 0.538. The summed E-state index contributed by atoms with van der Waals surface area (Å²) < 4.78 is 4.81. The van der Waals surface area contributed by atoms with E-state index in [9.17, 15) is 0 Å². The molecule has 2 heteroatoms. The lowest BCUT2D eigenvalue weighted by Gasteiger charge is -2.30. The molecule has 0 saturated carbocycles. The summed E-state index contributed by atoms with van der Waals surface area (Å²) in [5, 5.41) is 0. The van der Waals surface area contributed by atoms with Gasteiger partial charge < -0.3 is 4.74 Å². The molecule has 1 heterocycles. The van der Waals surface area contributed by atoms with Crippen molar-refractivity contribution in [3.8, 4) is 0 Å². The van der Waals surface area contributed by atoms with Crippen LogP contribution >= 0.6 is 11.6 Å². The first-order valence-electron chi connectivity index (χ1n) is 1.97. The van der Waals surface area contributed by atoms with Gasteiger partial charge in [-0.3, -0.25) is 0 Å². The zero-order valence-corrected chi connectivity index (χ0v) is 4.46. The summed E-state index contributed by atoms with van der Waals surface area (Å²) in [7, 11) is 0. The maximum atomic E-state index is 5.68. The molecule has 1 nitrogen and oxygen atoms in total. The van der Waals surface area contributed by atoms with E-state index in [0.29, 0.717) is 13.2 Å². The van der Waals surface area contributed by atoms with Gasteiger partial charge in [0.25, 0.3) is 0 Å². The van der Waals surface area contributed by atoms with Crippen molar-refractivity contribution in [2.24, 2.45) is 0 Å². The summed E-state index contributed by atoms with van der Waals surface area (Å²) in [6.45, 7) is 3.40. The Labute approximate surface area is 42.2 Å². The fraction of sp³-hybridized carbons (Fsp3) is 1.00. The summed E-state index contributed by atoms with van der Waals surface area (Å²) >= 11 is 5.68. The number of hydrogen-bond acceptors (Lipinski definition) is 1. The van der Waals surface area contributed by atoms with Gasteiger partial charge >= 0.3 is 0 Å². The smallest absolute Gasteiger partial charge is 0.0883 e. The van der Waals surface area contributed by atoms with E-state index in [4.69, 9.17) is 16.3 Å². The van der Waals surface area contributed by atoms with E-state index in [1.165, 1.54) is 0 Å². The van der Waals surface area contributed by atoms with Crippen LogP contribution in [0.3, 0.4) is 0 Å². The highest BCUT2D eigenvalue weighted by atomic mass is 35.5. The monoisotopic (exact) mass is 106 g/mol. The lowest BCUT2D eigenvalue weighted by atomic mass is 10.1. The van der Waals surface area contributed by atoms with Crippen LogP contribution in [0.25, 0.3) is 0 Å². The molecular weight excluding hydrogens is 99.5 g/mol. The molecule has 1 rings (SSSR count). The van der Waals surface area contributed by atoms with Crippen molar-refractivity contribution in [2.75, 3.05) is 13.2 Å². The molecule has 0 radical (unpaired) electrons. The molecule has 6 heavy (non-hydrogen) atoms. The molecule has 0 N–H and O–H groups in total. The molecular formula is C4H7ClO. The maximum absolute atomic E-state index is 5.68. The minimum Gasteiger partial charge on any atom is -0.378 e. The Hall–Kier alpha value is 0.250. The van der Waals surface area contributed by atoms with Crippen molar-refractivity contribution in [1.82, 2.24) is 0 Å². The minimum atomic E-state index is -0.0278. The van der Waals surface area contributed by atoms with Gasteiger partial charge in [0, 0.05) is 0 Å². The van der Waals surface area contributed by atoms with Crippen molar-refractivity contribution in [2.45, 2.75) is 11.8 Å². The number of alkyl halides is 1. The number of halogens is 1. The van der Waals surface area contributed by atoms with Gasteiger partial charge in [-0.1, -0.05) is 0 Å². The highest BCUT2D eigenvalue weighted by molar-refractivity contribution is 6.24. The molecule has 0 aromatic heterocycles. The van der Waals surface area contributed by atoms with Crippen molar-refractivity contribution in [3.63, 3.8) is 0 Å². The normalized spacial score (nSPS) is 29.0. The molecule has 0 aliphatic carbocycles. The SMILES string of the molecule is CC1(Cl)COC1. The van der Waals surface area contributed by atoms with E-state index in [-0.39, 0.29) is 4.87 Å². The van der Waals surface area contributed by atoms with E-state index < -0.39 is 0 Å². The van der Waals surface area contributed by atoms with E-state index in [1.807, 2.05) is 6.92 Å². The summed E-state index contributed by atoms with van der Waals surface area (Å²) in [5.74, 6) is 0. The van der Waals surface area contributed by atoms with Crippen molar-refractivity contribution in [3.05, 3.63) is 0 Å². The Morgan fingerprint density at radius 1 is 1.67 bits per heavy atom. The maximum Gasteiger partial charge on any atom is 0.0883 e. The van der Waals surface area contributed by atoms with Crippen molar-refractivity contribution in [1.29, 1.82) is 0 Å². The first-order chi connectivity index (χ1) is 2.71. The molecule has 0 amide bonds. The second kappa shape index (κ2) is 1.11. The van der Waals surface area contributed by atoms with Crippen LogP contribution in [0.5, 0.6) is 0 Å². The fourth-order valence-electron chi connectivity index (χ4n) is 0.383. The third-order valence-electron chi connectivity index (χ3n) is 0.806. The molecule has 36 valence electrons.